The zero-order chi connectivity index (χ0) is 14.6. The number of hydrogen-bond donors (Lipinski definition) is 2. The molecule has 1 aliphatic carbocycles. The zero-order valence-electron chi connectivity index (χ0n) is 11.2. The summed E-state index contributed by atoms with van der Waals surface area (Å²) in [4.78, 5) is 22.9. The Morgan fingerprint density at radius 2 is 2.05 bits per heavy atom. The van der Waals surface area contributed by atoms with Crippen molar-refractivity contribution in [2.45, 2.75) is 24.8 Å². The first-order valence-corrected chi connectivity index (χ1v) is 6.37. The maximum atomic E-state index is 11.8. The summed E-state index contributed by atoms with van der Waals surface area (Å²) >= 11 is 0. The second-order valence-electron chi connectivity index (χ2n) is 4.76. The fourth-order valence-electron chi connectivity index (χ4n) is 2.07. The van der Waals surface area contributed by atoms with Crippen LogP contribution in [0, 0.1) is 0 Å². The fraction of sp³-hybridized carbons (Fsp3) is 0.429. The van der Waals surface area contributed by atoms with Crippen LogP contribution in [0.5, 0.6) is 11.5 Å². The summed E-state index contributed by atoms with van der Waals surface area (Å²) < 4.78 is 10.4. The van der Waals surface area contributed by atoms with E-state index >= 15 is 0 Å². The second kappa shape index (κ2) is 5.81. The predicted molar refractivity (Wildman–Crippen MR) is 70.8 cm³/mol. The van der Waals surface area contributed by atoms with E-state index in [0.717, 1.165) is 6.42 Å². The van der Waals surface area contributed by atoms with Gasteiger partial charge in [-0.25, -0.2) is 4.79 Å². The first kappa shape index (κ1) is 14.2. The van der Waals surface area contributed by atoms with Gasteiger partial charge in [-0.3, -0.25) is 4.79 Å². The molecular formula is C14H17NO5. The molecule has 2 rings (SSSR count). The van der Waals surface area contributed by atoms with Crippen LogP contribution in [0.15, 0.2) is 24.3 Å². The number of hydrogen-bond acceptors (Lipinski definition) is 4. The van der Waals surface area contributed by atoms with Crippen LogP contribution in [0.4, 0.5) is 0 Å². The molecule has 0 heterocycles. The quantitative estimate of drug-likeness (QED) is 0.817. The molecule has 6 heteroatoms. The first-order valence-electron chi connectivity index (χ1n) is 6.37. The number of amides is 1. The fourth-order valence-corrected chi connectivity index (χ4v) is 2.07. The van der Waals surface area contributed by atoms with Crippen LogP contribution in [0.25, 0.3) is 0 Å². The lowest BCUT2D eigenvalue weighted by atomic mass is 9.77. The minimum Gasteiger partial charge on any atom is -0.497 e. The lowest BCUT2D eigenvalue weighted by Crippen LogP contribution is -2.59. The number of carbonyl (C=O) groups excluding carboxylic acids is 1. The van der Waals surface area contributed by atoms with Crippen LogP contribution in [0.2, 0.25) is 0 Å². The monoisotopic (exact) mass is 279 g/mol. The highest BCUT2D eigenvalue weighted by Crippen LogP contribution is 2.31. The first-order chi connectivity index (χ1) is 9.55. The number of aliphatic carboxylic acids is 1. The Bertz CT molecular complexity index is 510. The molecule has 0 aliphatic heterocycles. The van der Waals surface area contributed by atoms with E-state index in [4.69, 9.17) is 14.6 Å². The third kappa shape index (κ3) is 3.01. The van der Waals surface area contributed by atoms with Gasteiger partial charge in [0.05, 0.1) is 7.11 Å². The molecule has 1 amide bonds. The van der Waals surface area contributed by atoms with Crippen molar-refractivity contribution in [3.63, 3.8) is 0 Å². The lowest BCUT2D eigenvalue weighted by molar-refractivity contribution is -0.152. The van der Waals surface area contributed by atoms with Gasteiger partial charge in [0.15, 0.2) is 6.61 Å². The van der Waals surface area contributed by atoms with Gasteiger partial charge in [0.1, 0.15) is 17.0 Å². The van der Waals surface area contributed by atoms with Crippen LogP contribution in [0.3, 0.4) is 0 Å². The molecular weight excluding hydrogens is 262 g/mol. The molecule has 1 saturated carbocycles. The van der Waals surface area contributed by atoms with E-state index in [9.17, 15) is 9.59 Å². The number of benzene rings is 1. The van der Waals surface area contributed by atoms with Gasteiger partial charge in [-0.15, -0.1) is 0 Å². The normalized spacial score (nSPS) is 15.8. The van der Waals surface area contributed by atoms with Crippen molar-refractivity contribution in [2.75, 3.05) is 13.7 Å². The zero-order valence-corrected chi connectivity index (χ0v) is 11.2. The molecule has 1 aromatic carbocycles. The Labute approximate surface area is 116 Å². The van der Waals surface area contributed by atoms with E-state index in [1.807, 2.05) is 0 Å². The summed E-state index contributed by atoms with van der Waals surface area (Å²) in [5.41, 5.74) is -1.10. The van der Waals surface area contributed by atoms with Crippen molar-refractivity contribution in [2.24, 2.45) is 0 Å². The summed E-state index contributed by atoms with van der Waals surface area (Å²) in [6, 6.07) is 6.87. The molecule has 108 valence electrons. The van der Waals surface area contributed by atoms with E-state index in [1.165, 1.54) is 0 Å². The van der Waals surface area contributed by atoms with E-state index in [0.29, 0.717) is 24.3 Å². The highest BCUT2D eigenvalue weighted by molar-refractivity contribution is 5.88. The van der Waals surface area contributed by atoms with Gasteiger partial charge in [-0.05, 0) is 31.4 Å². The summed E-state index contributed by atoms with van der Waals surface area (Å²) in [7, 11) is 1.54. The van der Waals surface area contributed by atoms with Crippen molar-refractivity contribution < 1.29 is 24.2 Å². The molecule has 1 aromatic rings. The number of nitrogens with one attached hydrogen (secondary N) is 1. The SMILES string of the molecule is COc1cccc(OCC(=O)NC2(C(=O)O)CCC2)c1. The number of methoxy groups -OCH3 is 1. The van der Waals surface area contributed by atoms with Crippen LogP contribution in [-0.2, 0) is 9.59 Å². The third-order valence-corrected chi connectivity index (χ3v) is 3.41. The Kier molecular flexibility index (Phi) is 4.12. The maximum absolute atomic E-state index is 11.8. The Balaban J connectivity index is 1.87. The minimum atomic E-state index is -1.10. The number of ether oxygens (including phenoxy) is 2. The molecule has 0 bridgehead atoms. The van der Waals surface area contributed by atoms with Crippen molar-refractivity contribution in [3.8, 4) is 11.5 Å². The standard InChI is InChI=1S/C14H17NO5/c1-19-10-4-2-5-11(8-10)20-9-12(16)15-14(13(17)18)6-3-7-14/h2,4-5,8H,3,6-7,9H2,1H3,(H,15,16)(H,17,18). The summed E-state index contributed by atoms with van der Waals surface area (Å²) in [6.45, 7) is -0.220. The van der Waals surface area contributed by atoms with E-state index in [-0.39, 0.29) is 6.61 Å². The number of carbonyl (C=O) groups is 2. The molecule has 0 aromatic heterocycles. The van der Waals surface area contributed by atoms with Crippen molar-refractivity contribution in [3.05, 3.63) is 24.3 Å². The number of carboxylic acids is 1. The maximum Gasteiger partial charge on any atom is 0.329 e. The van der Waals surface area contributed by atoms with Gasteiger partial charge in [0.2, 0.25) is 0 Å². The van der Waals surface area contributed by atoms with Crippen molar-refractivity contribution >= 4 is 11.9 Å². The predicted octanol–water partition coefficient (Wildman–Crippen LogP) is 1.20. The molecule has 0 unspecified atom stereocenters. The average Bonchev–Trinajstić information content (AvgIpc) is 2.40. The Morgan fingerprint density at radius 3 is 2.60 bits per heavy atom. The van der Waals surface area contributed by atoms with E-state index < -0.39 is 17.4 Å². The second-order valence-corrected chi connectivity index (χ2v) is 4.76. The smallest absolute Gasteiger partial charge is 0.329 e. The highest BCUT2D eigenvalue weighted by Gasteiger charge is 2.45. The van der Waals surface area contributed by atoms with Gasteiger partial charge in [0.25, 0.3) is 5.91 Å². The molecule has 0 radical (unpaired) electrons. The third-order valence-electron chi connectivity index (χ3n) is 3.41. The Morgan fingerprint density at radius 1 is 1.35 bits per heavy atom. The molecule has 0 spiro atoms. The van der Waals surface area contributed by atoms with Gasteiger partial charge >= 0.3 is 5.97 Å². The number of carboxylic acid groups (broad SMARTS) is 1. The molecule has 6 nitrogen and oxygen atoms in total. The lowest BCUT2D eigenvalue weighted by Gasteiger charge is -2.38. The highest BCUT2D eigenvalue weighted by atomic mass is 16.5. The van der Waals surface area contributed by atoms with E-state index in [1.54, 1.807) is 31.4 Å². The van der Waals surface area contributed by atoms with Crippen molar-refractivity contribution in [1.82, 2.24) is 5.32 Å². The van der Waals surface area contributed by atoms with Crippen LogP contribution < -0.4 is 14.8 Å². The van der Waals surface area contributed by atoms with Crippen LogP contribution in [-0.4, -0.2) is 36.2 Å². The largest absolute Gasteiger partial charge is 0.497 e. The molecule has 0 atom stereocenters. The van der Waals surface area contributed by atoms with Gasteiger partial charge in [0, 0.05) is 6.07 Å². The summed E-state index contributed by atoms with van der Waals surface area (Å²) in [5.74, 6) is -0.296. The topological polar surface area (TPSA) is 84.9 Å². The van der Waals surface area contributed by atoms with Crippen LogP contribution in [0.1, 0.15) is 19.3 Å². The van der Waals surface area contributed by atoms with Crippen LogP contribution >= 0.6 is 0 Å². The van der Waals surface area contributed by atoms with Gasteiger partial charge in [-0.2, -0.15) is 0 Å². The molecule has 1 aliphatic rings. The molecule has 1 fully saturated rings. The molecule has 20 heavy (non-hydrogen) atoms. The minimum absolute atomic E-state index is 0.220. The van der Waals surface area contributed by atoms with Gasteiger partial charge < -0.3 is 19.9 Å². The number of rotatable bonds is 6. The Hall–Kier alpha value is -2.24. The van der Waals surface area contributed by atoms with Crippen molar-refractivity contribution in [1.29, 1.82) is 0 Å². The van der Waals surface area contributed by atoms with Gasteiger partial charge in [-0.1, -0.05) is 6.07 Å². The average molecular weight is 279 g/mol. The summed E-state index contributed by atoms with van der Waals surface area (Å²) in [5, 5.41) is 11.6. The molecule has 2 N–H and O–H groups in total. The molecule has 0 saturated heterocycles. The van der Waals surface area contributed by atoms with E-state index in [2.05, 4.69) is 5.32 Å². The summed E-state index contributed by atoms with van der Waals surface area (Å²) in [6.07, 6.45) is 1.74.